The topological polar surface area (TPSA) is 54.7 Å². The highest BCUT2D eigenvalue weighted by Gasteiger charge is 2.42. The van der Waals surface area contributed by atoms with Crippen LogP contribution in [0.4, 0.5) is 0 Å². The van der Waals surface area contributed by atoms with Crippen LogP contribution < -0.4 is 5.32 Å². The van der Waals surface area contributed by atoms with Gasteiger partial charge in [-0.25, -0.2) is 0 Å². The summed E-state index contributed by atoms with van der Waals surface area (Å²) in [6, 6.07) is 8.49. The number of methoxy groups -OCH3 is 1. The van der Waals surface area contributed by atoms with Gasteiger partial charge in [0.25, 0.3) is 0 Å². The molecule has 1 amide bonds. The highest BCUT2D eigenvalue weighted by Crippen LogP contribution is 2.39. The van der Waals surface area contributed by atoms with Crippen LogP contribution in [0.3, 0.4) is 0 Å². The summed E-state index contributed by atoms with van der Waals surface area (Å²) in [4.78, 5) is 14.1. The molecule has 5 heteroatoms. The summed E-state index contributed by atoms with van der Waals surface area (Å²) in [6.07, 6.45) is 3.07. The fourth-order valence-electron chi connectivity index (χ4n) is 5.15. The van der Waals surface area contributed by atoms with Crippen molar-refractivity contribution in [1.29, 1.82) is 0 Å². The van der Waals surface area contributed by atoms with Crippen molar-refractivity contribution in [3.05, 3.63) is 35.6 Å². The van der Waals surface area contributed by atoms with Crippen molar-refractivity contribution in [2.24, 2.45) is 11.8 Å². The number of rotatable bonds is 5. The molecule has 4 rings (SSSR count). The van der Waals surface area contributed by atoms with E-state index in [4.69, 9.17) is 9.15 Å². The van der Waals surface area contributed by atoms with E-state index in [1.54, 1.807) is 14.0 Å². The predicted molar refractivity (Wildman–Crippen MR) is 105 cm³/mol. The van der Waals surface area contributed by atoms with E-state index in [0.717, 1.165) is 50.2 Å². The van der Waals surface area contributed by atoms with Gasteiger partial charge in [0.15, 0.2) is 0 Å². The summed E-state index contributed by atoms with van der Waals surface area (Å²) in [6.45, 7) is 6.87. The summed E-state index contributed by atoms with van der Waals surface area (Å²) in [5.41, 5.74) is 2.33. The number of carbonyl (C=O) groups is 1. The lowest BCUT2D eigenvalue weighted by Gasteiger charge is -2.37. The van der Waals surface area contributed by atoms with E-state index in [1.807, 2.05) is 6.07 Å². The quantitative estimate of drug-likeness (QED) is 0.877. The predicted octanol–water partition coefficient (Wildman–Crippen LogP) is 3.36. The average Bonchev–Trinajstić information content (AvgIpc) is 3.21. The van der Waals surface area contributed by atoms with E-state index in [0.29, 0.717) is 11.8 Å². The number of aryl methyl sites for hydroxylation is 1. The molecule has 1 N–H and O–H groups in total. The third-order valence-electron chi connectivity index (χ3n) is 6.37. The Hall–Kier alpha value is -1.85. The van der Waals surface area contributed by atoms with Gasteiger partial charge >= 0.3 is 0 Å². The van der Waals surface area contributed by atoms with Crippen molar-refractivity contribution in [2.45, 2.75) is 51.8 Å². The first-order valence-corrected chi connectivity index (χ1v) is 10.1. The Labute approximate surface area is 161 Å². The molecule has 1 saturated carbocycles. The van der Waals surface area contributed by atoms with Crippen LogP contribution in [-0.4, -0.2) is 43.2 Å². The molecule has 0 bridgehead atoms. The molecule has 2 fully saturated rings. The normalized spacial score (nSPS) is 28.4. The zero-order valence-corrected chi connectivity index (χ0v) is 16.5. The standard InChI is InChI=1S/C22H30N2O3/c1-4-20-18(17-7-5-6-8-21(17)27-20)13-24-11-15-9-19(23-14(2)25)22(26-3)10-16(15)12-24/h5-8,15-16,19,22H,4,9-13H2,1-3H3,(H,23,25)/t15-,16+,19-,22-/m1/s1. The van der Waals surface area contributed by atoms with Crippen LogP contribution in [0.15, 0.2) is 28.7 Å². The molecule has 0 unspecified atom stereocenters. The lowest BCUT2D eigenvalue weighted by atomic mass is 9.77. The average molecular weight is 370 g/mol. The van der Waals surface area contributed by atoms with Crippen molar-refractivity contribution >= 4 is 16.9 Å². The summed E-state index contributed by atoms with van der Waals surface area (Å²) in [5, 5.41) is 4.35. The molecule has 0 spiro atoms. The van der Waals surface area contributed by atoms with Gasteiger partial charge in [0.2, 0.25) is 5.91 Å². The van der Waals surface area contributed by atoms with Crippen LogP contribution in [0.5, 0.6) is 0 Å². The van der Waals surface area contributed by atoms with Gasteiger partial charge in [-0.05, 0) is 30.7 Å². The lowest BCUT2D eigenvalue weighted by Crippen LogP contribution is -2.49. The molecular formula is C22H30N2O3. The Morgan fingerprint density at radius 3 is 2.70 bits per heavy atom. The second-order valence-electron chi connectivity index (χ2n) is 8.12. The SMILES string of the molecule is CCc1oc2ccccc2c1CN1C[C@H]2C[C@@H](NC(C)=O)[C@H](OC)C[C@H]2C1. The molecule has 27 heavy (non-hydrogen) atoms. The van der Waals surface area contributed by atoms with E-state index in [2.05, 4.69) is 35.3 Å². The number of likely N-dealkylation sites (tertiary alicyclic amines) is 1. The van der Waals surface area contributed by atoms with Crippen molar-refractivity contribution < 1.29 is 13.9 Å². The van der Waals surface area contributed by atoms with E-state index in [-0.39, 0.29) is 18.1 Å². The monoisotopic (exact) mass is 370 g/mol. The molecule has 4 atom stereocenters. The Balaban J connectivity index is 1.50. The summed E-state index contributed by atoms with van der Waals surface area (Å²) >= 11 is 0. The second-order valence-corrected chi connectivity index (χ2v) is 8.12. The van der Waals surface area contributed by atoms with Gasteiger partial charge in [-0.15, -0.1) is 0 Å². The van der Waals surface area contributed by atoms with E-state index in [9.17, 15) is 4.79 Å². The number of furan rings is 1. The number of amides is 1. The first-order valence-electron chi connectivity index (χ1n) is 10.1. The van der Waals surface area contributed by atoms with Gasteiger partial charge in [-0.3, -0.25) is 9.69 Å². The Bertz CT molecular complexity index is 815. The van der Waals surface area contributed by atoms with Gasteiger partial charge in [-0.1, -0.05) is 25.1 Å². The van der Waals surface area contributed by atoms with Crippen molar-refractivity contribution in [2.75, 3.05) is 20.2 Å². The van der Waals surface area contributed by atoms with Gasteiger partial charge in [-0.2, -0.15) is 0 Å². The summed E-state index contributed by atoms with van der Waals surface area (Å²) in [5.74, 6) is 2.41. The number of ether oxygens (including phenoxy) is 1. The minimum Gasteiger partial charge on any atom is -0.461 e. The van der Waals surface area contributed by atoms with Crippen LogP contribution >= 0.6 is 0 Å². The number of para-hydroxylation sites is 1. The van der Waals surface area contributed by atoms with Gasteiger partial charge < -0.3 is 14.5 Å². The zero-order chi connectivity index (χ0) is 19.0. The first-order chi connectivity index (χ1) is 13.1. The number of hydrogen-bond acceptors (Lipinski definition) is 4. The Morgan fingerprint density at radius 1 is 1.26 bits per heavy atom. The van der Waals surface area contributed by atoms with Crippen molar-refractivity contribution in [3.63, 3.8) is 0 Å². The molecule has 1 aliphatic carbocycles. The number of carbonyl (C=O) groups excluding carboxylic acids is 1. The highest BCUT2D eigenvalue weighted by atomic mass is 16.5. The van der Waals surface area contributed by atoms with Gasteiger partial charge in [0.1, 0.15) is 11.3 Å². The van der Waals surface area contributed by atoms with E-state index in [1.165, 1.54) is 10.9 Å². The van der Waals surface area contributed by atoms with Crippen LogP contribution in [0.2, 0.25) is 0 Å². The van der Waals surface area contributed by atoms with Gasteiger partial charge in [0, 0.05) is 51.0 Å². The van der Waals surface area contributed by atoms with Crippen LogP contribution in [0.1, 0.15) is 38.0 Å². The molecule has 1 aliphatic heterocycles. The van der Waals surface area contributed by atoms with Crippen LogP contribution in [0.25, 0.3) is 11.0 Å². The number of benzene rings is 1. The summed E-state index contributed by atoms with van der Waals surface area (Å²) in [7, 11) is 1.76. The first kappa shape index (κ1) is 18.5. The Morgan fingerprint density at radius 2 is 2.00 bits per heavy atom. The largest absolute Gasteiger partial charge is 0.461 e. The smallest absolute Gasteiger partial charge is 0.217 e. The maximum atomic E-state index is 11.5. The number of nitrogens with zero attached hydrogens (tertiary/aromatic N) is 1. The molecule has 2 aromatic rings. The Kier molecular flexibility index (Phi) is 5.24. The lowest BCUT2D eigenvalue weighted by molar-refractivity contribution is -0.121. The molecule has 1 aromatic carbocycles. The fraction of sp³-hybridized carbons (Fsp3) is 0.591. The van der Waals surface area contributed by atoms with Crippen LogP contribution in [0, 0.1) is 11.8 Å². The molecule has 1 saturated heterocycles. The molecular weight excluding hydrogens is 340 g/mol. The number of nitrogens with one attached hydrogen (secondary N) is 1. The maximum absolute atomic E-state index is 11.5. The number of fused-ring (bicyclic) bond motifs is 2. The third kappa shape index (κ3) is 3.63. The minimum absolute atomic E-state index is 0.0350. The third-order valence-corrected chi connectivity index (χ3v) is 6.37. The molecule has 0 radical (unpaired) electrons. The molecule has 2 heterocycles. The highest BCUT2D eigenvalue weighted by molar-refractivity contribution is 5.82. The minimum atomic E-state index is 0.0350. The second kappa shape index (κ2) is 7.64. The van der Waals surface area contributed by atoms with Crippen molar-refractivity contribution in [1.82, 2.24) is 10.2 Å². The van der Waals surface area contributed by atoms with E-state index >= 15 is 0 Å². The fourth-order valence-corrected chi connectivity index (χ4v) is 5.15. The summed E-state index contributed by atoms with van der Waals surface area (Å²) < 4.78 is 11.8. The molecule has 146 valence electrons. The van der Waals surface area contributed by atoms with Crippen molar-refractivity contribution in [3.8, 4) is 0 Å². The molecule has 1 aromatic heterocycles. The van der Waals surface area contributed by atoms with Crippen LogP contribution in [-0.2, 0) is 22.5 Å². The molecule has 2 aliphatic rings. The number of hydrogen-bond donors (Lipinski definition) is 1. The maximum Gasteiger partial charge on any atom is 0.217 e. The van der Waals surface area contributed by atoms with Gasteiger partial charge in [0.05, 0.1) is 12.1 Å². The van der Waals surface area contributed by atoms with E-state index < -0.39 is 0 Å². The zero-order valence-electron chi connectivity index (χ0n) is 16.5. The molecule has 5 nitrogen and oxygen atoms in total.